The van der Waals surface area contributed by atoms with Crippen molar-refractivity contribution < 1.29 is 4.79 Å². The smallest absolute Gasteiger partial charge is 0.272 e. The summed E-state index contributed by atoms with van der Waals surface area (Å²) in [7, 11) is 0. The summed E-state index contributed by atoms with van der Waals surface area (Å²) < 4.78 is 2.26. The first-order chi connectivity index (χ1) is 11.1. The highest BCUT2D eigenvalue weighted by Gasteiger charge is 2.17. The van der Waals surface area contributed by atoms with Gasteiger partial charge in [0.25, 0.3) is 5.56 Å². The minimum Gasteiger partial charge on any atom is -0.369 e. The number of hydrogen-bond acceptors (Lipinski definition) is 6. The van der Waals surface area contributed by atoms with Crippen molar-refractivity contribution in [2.75, 3.05) is 5.75 Å². The topological polar surface area (TPSA) is 90.9 Å². The maximum Gasteiger partial charge on any atom is 0.272 e. The molecule has 3 heterocycles. The number of fused-ring (bicyclic) bond motifs is 3. The van der Waals surface area contributed by atoms with Crippen molar-refractivity contribution in [1.82, 2.24) is 14.5 Å². The monoisotopic (exact) mass is 348 g/mol. The van der Waals surface area contributed by atoms with Crippen LogP contribution in [0.3, 0.4) is 0 Å². The number of hydrogen-bond donors (Lipinski definition) is 1. The number of rotatable bonds is 6. The molecule has 6 nitrogen and oxygen atoms in total. The summed E-state index contributed by atoms with van der Waals surface area (Å²) in [4.78, 5) is 33.7. The first-order valence-electron chi connectivity index (χ1n) is 7.31. The van der Waals surface area contributed by atoms with E-state index in [2.05, 4.69) is 16.9 Å². The van der Waals surface area contributed by atoms with Gasteiger partial charge in [-0.25, -0.2) is 9.97 Å². The second-order valence-electron chi connectivity index (χ2n) is 5.10. The number of thiophene rings is 1. The minimum atomic E-state index is -0.428. The Kier molecular flexibility index (Phi) is 4.63. The number of amides is 1. The number of pyridine rings is 1. The molecule has 0 radical (unpaired) electrons. The SMILES string of the molecule is CCCCn1c(SCC(N)=O)nc2c(sc3ncccc32)c1=O. The van der Waals surface area contributed by atoms with Gasteiger partial charge in [0.15, 0.2) is 5.16 Å². The molecule has 0 unspecified atom stereocenters. The van der Waals surface area contributed by atoms with Gasteiger partial charge in [0.2, 0.25) is 5.91 Å². The summed E-state index contributed by atoms with van der Waals surface area (Å²) >= 11 is 2.57. The Hall–Kier alpha value is -1.93. The Morgan fingerprint density at radius 2 is 2.30 bits per heavy atom. The van der Waals surface area contributed by atoms with Crippen molar-refractivity contribution in [2.45, 2.75) is 31.5 Å². The molecule has 0 spiro atoms. The summed E-state index contributed by atoms with van der Waals surface area (Å²) in [6.07, 6.45) is 3.55. The highest BCUT2D eigenvalue weighted by Crippen LogP contribution is 2.30. The van der Waals surface area contributed by atoms with E-state index in [9.17, 15) is 9.59 Å². The zero-order valence-corrected chi connectivity index (χ0v) is 14.2. The van der Waals surface area contributed by atoms with Gasteiger partial charge in [0.1, 0.15) is 9.53 Å². The molecule has 0 saturated carbocycles. The zero-order chi connectivity index (χ0) is 16.4. The quantitative estimate of drug-likeness (QED) is 0.545. The van der Waals surface area contributed by atoms with E-state index >= 15 is 0 Å². The van der Waals surface area contributed by atoms with Crippen molar-refractivity contribution in [3.8, 4) is 0 Å². The Morgan fingerprint density at radius 1 is 1.48 bits per heavy atom. The lowest BCUT2D eigenvalue weighted by atomic mass is 10.3. The lowest BCUT2D eigenvalue weighted by molar-refractivity contribution is -0.115. The third-order valence-corrected chi connectivity index (χ3v) is 5.49. The molecule has 0 fully saturated rings. The molecule has 23 heavy (non-hydrogen) atoms. The van der Waals surface area contributed by atoms with E-state index in [1.807, 2.05) is 12.1 Å². The molecule has 0 bridgehead atoms. The van der Waals surface area contributed by atoms with Crippen LogP contribution in [-0.2, 0) is 11.3 Å². The molecule has 2 N–H and O–H groups in total. The molecule has 1 amide bonds. The number of primary amides is 1. The molecular weight excluding hydrogens is 332 g/mol. The van der Waals surface area contributed by atoms with Crippen LogP contribution in [-0.4, -0.2) is 26.2 Å². The molecule has 0 atom stereocenters. The van der Waals surface area contributed by atoms with Gasteiger partial charge >= 0.3 is 0 Å². The van der Waals surface area contributed by atoms with Crippen molar-refractivity contribution in [1.29, 1.82) is 0 Å². The molecule has 0 aliphatic heterocycles. The Bertz CT molecular complexity index is 932. The van der Waals surface area contributed by atoms with Crippen LogP contribution in [0.5, 0.6) is 0 Å². The number of nitrogens with zero attached hydrogens (tertiary/aromatic N) is 3. The van der Waals surface area contributed by atoms with Crippen molar-refractivity contribution in [3.63, 3.8) is 0 Å². The maximum atomic E-state index is 12.8. The van der Waals surface area contributed by atoms with Gasteiger partial charge in [0, 0.05) is 18.1 Å². The molecule has 8 heteroatoms. The molecule has 0 saturated heterocycles. The van der Waals surface area contributed by atoms with Gasteiger partial charge in [0.05, 0.1) is 11.3 Å². The molecule has 0 aromatic carbocycles. The van der Waals surface area contributed by atoms with Gasteiger partial charge in [-0.2, -0.15) is 0 Å². The summed E-state index contributed by atoms with van der Waals surface area (Å²) in [5, 5.41) is 1.41. The van der Waals surface area contributed by atoms with Crippen LogP contribution in [0.1, 0.15) is 19.8 Å². The van der Waals surface area contributed by atoms with Crippen molar-refractivity contribution in [2.24, 2.45) is 5.73 Å². The highest BCUT2D eigenvalue weighted by atomic mass is 32.2. The van der Waals surface area contributed by atoms with Crippen LogP contribution in [0.15, 0.2) is 28.3 Å². The second-order valence-corrected chi connectivity index (χ2v) is 7.04. The van der Waals surface area contributed by atoms with Crippen LogP contribution in [0.25, 0.3) is 20.4 Å². The third kappa shape index (κ3) is 3.09. The van der Waals surface area contributed by atoms with E-state index in [1.54, 1.807) is 10.8 Å². The van der Waals surface area contributed by atoms with Crippen molar-refractivity contribution in [3.05, 3.63) is 28.7 Å². The summed E-state index contributed by atoms with van der Waals surface area (Å²) in [5.74, 6) is -0.326. The van der Waals surface area contributed by atoms with Crippen molar-refractivity contribution >= 4 is 49.4 Å². The van der Waals surface area contributed by atoms with Gasteiger partial charge < -0.3 is 5.73 Å². The van der Waals surface area contributed by atoms with Crippen LogP contribution in [0.4, 0.5) is 0 Å². The predicted molar refractivity (Wildman–Crippen MR) is 94.0 cm³/mol. The van der Waals surface area contributed by atoms with Gasteiger partial charge in [-0.3, -0.25) is 14.2 Å². The molecule has 0 aliphatic carbocycles. The molecular formula is C15H16N4O2S2. The Labute approximate surface area is 140 Å². The molecule has 3 aromatic rings. The maximum absolute atomic E-state index is 12.8. The Balaban J connectivity index is 2.22. The number of nitrogens with two attached hydrogens (primary N) is 1. The van der Waals surface area contributed by atoms with Crippen LogP contribution >= 0.6 is 23.1 Å². The van der Waals surface area contributed by atoms with Gasteiger partial charge in [-0.05, 0) is 18.6 Å². The first kappa shape index (κ1) is 15.9. The largest absolute Gasteiger partial charge is 0.369 e. The van der Waals surface area contributed by atoms with Crippen LogP contribution in [0.2, 0.25) is 0 Å². The molecule has 0 aliphatic rings. The Morgan fingerprint density at radius 3 is 3.04 bits per heavy atom. The third-order valence-electron chi connectivity index (χ3n) is 3.40. The number of unbranched alkanes of at least 4 members (excludes halogenated alkanes) is 1. The number of carbonyl (C=O) groups is 1. The van der Waals surface area contributed by atoms with E-state index in [1.165, 1.54) is 23.1 Å². The summed E-state index contributed by atoms with van der Waals surface area (Å²) in [5.41, 5.74) is 5.81. The number of aromatic nitrogens is 3. The lowest BCUT2D eigenvalue weighted by Crippen LogP contribution is -2.23. The normalized spacial score (nSPS) is 11.3. The number of carbonyl (C=O) groups excluding carboxylic acids is 1. The predicted octanol–water partition coefficient (Wildman–Crippen LogP) is 2.38. The molecule has 120 valence electrons. The van der Waals surface area contributed by atoms with Gasteiger partial charge in [-0.15, -0.1) is 11.3 Å². The highest BCUT2D eigenvalue weighted by molar-refractivity contribution is 7.99. The second kappa shape index (κ2) is 6.67. The standard InChI is InChI=1S/C15H16N4O2S2/c1-2-3-7-19-14(21)12-11(18-15(19)22-8-10(16)20)9-5-4-6-17-13(9)23-12/h4-6H,2-3,7-8H2,1H3,(H2,16,20). The zero-order valence-electron chi connectivity index (χ0n) is 12.6. The number of thioether (sulfide) groups is 1. The summed E-state index contributed by atoms with van der Waals surface area (Å²) in [6, 6.07) is 3.74. The molecule has 3 aromatic heterocycles. The van der Waals surface area contributed by atoms with Crippen LogP contribution < -0.4 is 11.3 Å². The average Bonchev–Trinajstić information content (AvgIpc) is 2.91. The minimum absolute atomic E-state index is 0.0709. The first-order valence-corrected chi connectivity index (χ1v) is 9.11. The summed E-state index contributed by atoms with van der Waals surface area (Å²) in [6.45, 7) is 2.65. The fourth-order valence-electron chi connectivity index (χ4n) is 2.30. The average molecular weight is 348 g/mol. The van der Waals surface area contributed by atoms with E-state index in [4.69, 9.17) is 5.73 Å². The van der Waals surface area contributed by atoms with E-state index in [0.717, 1.165) is 23.1 Å². The lowest BCUT2D eigenvalue weighted by Gasteiger charge is -2.10. The van der Waals surface area contributed by atoms with Gasteiger partial charge in [-0.1, -0.05) is 25.1 Å². The fourth-order valence-corrected chi connectivity index (χ4v) is 4.09. The van der Waals surface area contributed by atoms with Crippen LogP contribution in [0, 0.1) is 0 Å². The van der Waals surface area contributed by atoms with E-state index < -0.39 is 5.91 Å². The fraction of sp³-hybridized carbons (Fsp3) is 0.333. The molecule has 3 rings (SSSR count). The van der Waals surface area contributed by atoms with E-state index in [-0.39, 0.29) is 11.3 Å². The van der Waals surface area contributed by atoms with E-state index in [0.29, 0.717) is 21.9 Å².